The van der Waals surface area contributed by atoms with Crippen molar-refractivity contribution in [2.45, 2.75) is 118 Å². The van der Waals surface area contributed by atoms with Gasteiger partial charge in [0.15, 0.2) is 0 Å². The molecule has 1 saturated heterocycles. The van der Waals surface area contributed by atoms with Gasteiger partial charge in [0.2, 0.25) is 0 Å². The molecule has 49 heavy (non-hydrogen) atoms. The number of allylic oxidation sites excluding steroid dienone is 2. The molecule has 1 aromatic carbocycles. The van der Waals surface area contributed by atoms with E-state index in [1.807, 2.05) is 0 Å². The minimum atomic E-state index is -0.677. The lowest BCUT2D eigenvalue weighted by Gasteiger charge is -2.71. The second-order valence-corrected chi connectivity index (χ2v) is 19.3. The van der Waals surface area contributed by atoms with E-state index in [1.165, 1.54) is 46.4 Å². The number of nitrogen functional groups attached to an aromatic ring is 1. The number of ether oxygens (including phenoxy) is 1. The highest BCUT2D eigenvalue weighted by Crippen LogP contribution is 2.77. The van der Waals surface area contributed by atoms with E-state index in [-0.39, 0.29) is 33.0 Å². The first-order chi connectivity index (χ1) is 23.1. The third kappa shape index (κ3) is 4.65. The van der Waals surface area contributed by atoms with Gasteiger partial charge in [0.1, 0.15) is 5.82 Å². The molecule has 5 aliphatic carbocycles. The van der Waals surface area contributed by atoms with Gasteiger partial charge in [0.05, 0.1) is 18.6 Å². The van der Waals surface area contributed by atoms with E-state index in [2.05, 4.69) is 87.8 Å². The SMILES string of the molecule is CC1(C)CC[C@]2(C(=O)O)CC[C@]3(C)C(=C(c4ccc(CN5CCOCC5)cc4)CC4[C@@]5(C)Cc6c(N)n[nH]c6C(C)(C)C5CC[C@]43C)C2C1. The summed E-state index contributed by atoms with van der Waals surface area (Å²) in [5, 5.41) is 19.0. The van der Waals surface area contributed by atoms with Crippen LogP contribution in [0.25, 0.3) is 5.57 Å². The molecule has 2 aromatic rings. The van der Waals surface area contributed by atoms with Crippen molar-refractivity contribution in [1.29, 1.82) is 0 Å². The molecule has 4 fully saturated rings. The van der Waals surface area contributed by atoms with Crippen LogP contribution in [-0.4, -0.2) is 52.5 Å². The van der Waals surface area contributed by atoms with E-state index in [0.29, 0.717) is 17.7 Å². The number of nitrogens with zero attached hydrogens (tertiary/aromatic N) is 2. The van der Waals surface area contributed by atoms with Crippen molar-refractivity contribution in [3.8, 4) is 0 Å². The van der Waals surface area contributed by atoms with E-state index in [0.717, 1.165) is 77.8 Å². The maximum atomic E-state index is 13.5. The Morgan fingerprint density at radius 3 is 2.37 bits per heavy atom. The number of anilines is 1. The average molecular weight is 669 g/mol. The highest BCUT2D eigenvalue weighted by molar-refractivity contribution is 5.80. The summed E-state index contributed by atoms with van der Waals surface area (Å²) in [4.78, 5) is 16.0. The summed E-state index contributed by atoms with van der Waals surface area (Å²) in [5.41, 5.74) is 14.1. The first-order valence-electron chi connectivity index (χ1n) is 19.3. The minimum Gasteiger partial charge on any atom is -0.481 e. The molecule has 0 radical (unpaired) electrons. The van der Waals surface area contributed by atoms with Crippen molar-refractivity contribution in [3.05, 3.63) is 52.2 Å². The molecule has 3 saturated carbocycles. The standard InChI is InChI=1S/C42H60N4O3/c1-37(2)14-16-42(36(47)48)17-15-41(7)33(30(42)24-37)28(27-10-8-26(9-11-27)25-46-18-20-49-21-19-46)22-32-39(5)23-29-34(44-45-35(29)43)38(3,4)31(39)12-13-40(32,41)6/h8-11,30-32H,12-25H2,1-7H3,(H,47,48)(H3,43,44,45)/t30?,31?,32?,39-,40+,41+,42-/m0/s1. The van der Waals surface area contributed by atoms with E-state index < -0.39 is 11.4 Å². The Labute approximate surface area is 293 Å². The average Bonchev–Trinajstić information content (AvgIpc) is 3.42. The van der Waals surface area contributed by atoms with Gasteiger partial charge in [-0.05, 0) is 114 Å². The van der Waals surface area contributed by atoms with Crippen molar-refractivity contribution in [1.82, 2.24) is 15.1 Å². The van der Waals surface area contributed by atoms with Crippen LogP contribution in [0.1, 0.15) is 122 Å². The number of carboxylic acids is 1. The number of carboxylic acid groups (broad SMARTS) is 1. The molecule has 1 aromatic heterocycles. The number of hydrogen-bond acceptors (Lipinski definition) is 5. The molecule has 266 valence electrons. The Kier molecular flexibility index (Phi) is 7.47. The number of benzene rings is 1. The van der Waals surface area contributed by atoms with Crippen LogP contribution in [0.5, 0.6) is 0 Å². The first kappa shape index (κ1) is 33.5. The molecular weight excluding hydrogens is 608 g/mol. The van der Waals surface area contributed by atoms with Gasteiger partial charge in [-0.1, -0.05) is 78.3 Å². The number of aromatic nitrogens is 2. The Hall–Kier alpha value is -2.64. The Bertz CT molecular complexity index is 1680. The largest absolute Gasteiger partial charge is 0.481 e. The van der Waals surface area contributed by atoms with E-state index in [1.54, 1.807) is 0 Å². The fourth-order valence-electron chi connectivity index (χ4n) is 13.3. The topological polar surface area (TPSA) is 104 Å². The van der Waals surface area contributed by atoms with Crippen molar-refractivity contribution in [2.24, 2.45) is 44.8 Å². The monoisotopic (exact) mass is 668 g/mol. The number of fused-ring (bicyclic) bond motifs is 8. The molecule has 1 aliphatic heterocycles. The summed E-state index contributed by atoms with van der Waals surface area (Å²) in [6.07, 6.45) is 8.72. The van der Waals surface area contributed by atoms with Gasteiger partial charge < -0.3 is 15.6 Å². The zero-order valence-corrected chi connectivity index (χ0v) is 31.2. The zero-order chi connectivity index (χ0) is 34.8. The highest BCUT2D eigenvalue weighted by atomic mass is 16.5. The third-order valence-corrected chi connectivity index (χ3v) is 16.2. The number of nitrogens with one attached hydrogen (secondary N) is 1. The maximum Gasteiger partial charge on any atom is 0.310 e. The molecule has 6 aliphatic rings. The van der Waals surface area contributed by atoms with Crippen LogP contribution < -0.4 is 5.73 Å². The summed E-state index contributed by atoms with van der Waals surface area (Å²) in [5.74, 6) is 1.09. The van der Waals surface area contributed by atoms with Crippen LogP contribution in [-0.2, 0) is 27.9 Å². The molecule has 0 spiro atoms. The van der Waals surface area contributed by atoms with Crippen molar-refractivity contribution < 1.29 is 14.6 Å². The number of hydrogen-bond donors (Lipinski definition) is 3. The fraction of sp³-hybridized carbons (Fsp3) is 0.714. The maximum absolute atomic E-state index is 13.5. The molecule has 7 heteroatoms. The van der Waals surface area contributed by atoms with Gasteiger partial charge in [-0.2, -0.15) is 5.10 Å². The van der Waals surface area contributed by atoms with Crippen LogP contribution in [0, 0.1) is 44.8 Å². The smallest absolute Gasteiger partial charge is 0.310 e. The van der Waals surface area contributed by atoms with Gasteiger partial charge in [0.25, 0.3) is 0 Å². The molecule has 8 rings (SSSR count). The second kappa shape index (κ2) is 10.9. The summed E-state index contributed by atoms with van der Waals surface area (Å²) in [7, 11) is 0. The summed E-state index contributed by atoms with van der Waals surface area (Å²) < 4.78 is 5.61. The predicted molar refractivity (Wildman–Crippen MR) is 195 cm³/mol. The molecule has 0 bridgehead atoms. The number of rotatable bonds is 4. The van der Waals surface area contributed by atoms with E-state index in [4.69, 9.17) is 10.5 Å². The molecule has 7 atom stereocenters. The number of carbonyl (C=O) groups is 1. The lowest BCUT2D eigenvalue weighted by molar-refractivity contribution is -0.175. The molecule has 0 amide bonds. The van der Waals surface area contributed by atoms with Crippen molar-refractivity contribution in [3.63, 3.8) is 0 Å². The summed E-state index contributed by atoms with van der Waals surface area (Å²) in [6.45, 7) is 21.9. The van der Waals surface area contributed by atoms with Crippen LogP contribution in [0.2, 0.25) is 0 Å². The van der Waals surface area contributed by atoms with Gasteiger partial charge in [-0.3, -0.25) is 14.8 Å². The summed E-state index contributed by atoms with van der Waals surface area (Å²) in [6, 6.07) is 9.45. The van der Waals surface area contributed by atoms with Crippen molar-refractivity contribution in [2.75, 3.05) is 32.0 Å². The van der Waals surface area contributed by atoms with E-state index in [9.17, 15) is 9.90 Å². The normalized spacial score (nSPS) is 39.6. The Balaban J connectivity index is 1.30. The van der Waals surface area contributed by atoms with Gasteiger partial charge in [-0.15, -0.1) is 0 Å². The molecule has 7 nitrogen and oxygen atoms in total. The van der Waals surface area contributed by atoms with Gasteiger partial charge in [0, 0.05) is 36.3 Å². The number of H-pyrrole nitrogens is 1. The fourth-order valence-corrected chi connectivity index (χ4v) is 13.3. The molecule has 2 heterocycles. The van der Waals surface area contributed by atoms with Crippen molar-refractivity contribution >= 4 is 17.4 Å². The van der Waals surface area contributed by atoms with Crippen LogP contribution >= 0.6 is 0 Å². The van der Waals surface area contributed by atoms with Crippen LogP contribution in [0.15, 0.2) is 29.8 Å². The van der Waals surface area contributed by atoms with Crippen LogP contribution in [0.4, 0.5) is 5.82 Å². The minimum absolute atomic E-state index is 0.0325. The highest BCUT2D eigenvalue weighted by Gasteiger charge is 2.70. The third-order valence-electron chi connectivity index (χ3n) is 16.2. The quantitative estimate of drug-likeness (QED) is 0.303. The molecule has 3 unspecified atom stereocenters. The Morgan fingerprint density at radius 2 is 1.67 bits per heavy atom. The van der Waals surface area contributed by atoms with Gasteiger partial charge >= 0.3 is 5.97 Å². The number of nitrogens with two attached hydrogens (primary N) is 1. The lowest BCUT2D eigenvalue weighted by Crippen LogP contribution is -2.65. The number of aliphatic carboxylic acids is 1. The molecular formula is C42H60N4O3. The Morgan fingerprint density at radius 1 is 0.980 bits per heavy atom. The van der Waals surface area contributed by atoms with Gasteiger partial charge in [-0.25, -0.2) is 0 Å². The second-order valence-electron chi connectivity index (χ2n) is 19.3. The molecule has 4 N–H and O–H groups in total. The van der Waals surface area contributed by atoms with Crippen LogP contribution in [0.3, 0.4) is 0 Å². The zero-order valence-electron chi connectivity index (χ0n) is 31.2. The number of aromatic amines is 1. The predicted octanol–water partition coefficient (Wildman–Crippen LogP) is 8.25. The first-order valence-corrected chi connectivity index (χ1v) is 19.3. The number of morpholine rings is 1. The van der Waals surface area contributed by atoms with E-state index >= 15 is 0 Å². The lowest BCUT2D eigenvalue weighted by atomic mass is 9.33. The summed E-state index contributed by atoms with van der Waals surface area (Å²) >= 11 is 0.